The van der Waals surface area contributed by atoms with E-state index in [1.165, 1.54) is 0 Å². The number of hydrogen-bond donors (Lipinski definition) is 0. The SMILES string of the molecule is COc1cc(N(C=O)C2(c3ccccc3)CCCC2)cc(OC)c1OC. The predicted molar refractivity (Wildman–Crippen MR) is 101 cm³/mol. The lowest BCUT2D eigenvalue weighted by Gasteiger charge is -2.40. The summed E-state index contributed by atoms with van der Waals surface area (Å²) in [7, 11) is 4.73. The van der Waals surface area contributed by atoms with Crippen molar-refractivity contribution < 1.29 is 19.0 Å². The largest absolute Gasteiger partial charge is 0.493 e. The topological polar surface area (TPSA) is 48.0 Å². The third-order valence-electron chi connectivity index (χ3n) is 5.24. The highest BCUT2D eigenvalue weighted by molar-refractivity contribution is 5.81. The van der Waals surface area contributed by atoms with Crippen molar-refractivity contribution in [2.24, 2.45) is 0 Å². The van der Waals surface area contributed by atoms with Crippen LogP contribution in [0.2, 0.25) is 0 Å². The van der Waals surface area contributed by atoms with Gasteiger partial charge in [-0.25, -0.2) is 0 Å². The molecule has 0 unspecified atom stereocenters. The fourth-order valence-electron chi connectivity index (χ4n) is 3.99. The van der Waals surface area contributed by atoms with Gasteiger partial charge in [-0.3, -0.25) is 4.79 Å². The first-order chi connectivity index (χ1) is 12.7. The molecule has 0 radical (unpaired) electrons. The third-order valence-corrected chi connectivity index (χ3v) is 5.24. The Hall–Kier alpha value is -2.69. The average Bonchev–Trinajstić information content (AvgIpc) is 3.19. The molecule has 5 nitrogen and oxygen atoms in total. The molecule has 0 bridgehead atoms. The van der Waals surface area contributed by atoms with Crippen LogP contribution in [-0.2, 0) is 10.3 Å². The number of hydrogen-bond acceptors (Lipinski definition) is 4. The summed E-state index contributed by atoms with van der Waals surface area (Å²) in [6.45, 7) is 0. The van der Waals surface area contributed by atoms with Crippen molar-refractivity contribution in [3.63, 3.8) is 0 Å². The van der Waals surface area contributed by atoms with Crippen LogP contribution in [0.3, 0.4) is 0 Å². The van der Waals surface area contributed by atoms with E-state index >= 15 is 0 Å². The third kappa shape index (κ3) is 2.98. The molecule has 1 amide bonds. The highest BCUT2D eigenvalue weighted by Gasteiger charge is 2.42. The number of benzene rings is 2. The number of ether oxygens (including phenoxy) is 3. The van der Waals surface area contributed by atoms with E-state index in [1.54, 1.807) is 21.3 Å². The van der Waals surface area contributed by atoms with Crippen molar-refractivity contribution in [1.29, 1.82) is 0 Å². The molecule has 1 aliphatic carbocycles. The molecule has 0 spiro atoms. The molecular weight excluding hydrogens is 330 g/mol. The average molecular weight is 355 g/mol. The smallest absolute Gasteiger partial charge is 0.214 e. The first-order valence-corrected chi connectivity index (χ1v) is 8.80. The van der Waals surface area contributed by atoms with E-state index in [1.807, 2.05) is 35.2 Å². The molecule has 1 aliphatic rings. The molecular formula is C21H25NO4. The lowest BCUT2D eigenvalue weighted by Crippen LogP contribution is -2.43. The van der Waals surface area contributed by atoms with Crippen LogP contribution in [0.1, 0.15) is 31.2 Å². The van der Waals surface area contributed by atoms with E-state index in [2.05, 4.69) is 12.1 Å². The van der Waals surface area contributed by atoms with Gasteiger partial charge in [0.05, 0.1) is 32.6 Å². The molecule has 0 heterocycles. The first kappa shape index (κ1) is 18.1. The van der Waals surface area contributed by atoms with Crippen LogP contribution in [0.25, 0.3) is 0 Å². The highest BCUT2D eigenvalue weighted by Crippen LogP contribution is 2.48. The van der Waals surface area contributed by atoms with E-state index in [-0.39, 0.29) is 5.54 Å². The number of nitrogens with zero attached hydrogens (tertiary/aromatic N) is 1. The normalized spacial score (nSPS) is 15.3. The van der Waals surface area contributed by atoms with Crippen LogP contribution in [0.4, 0.5) is 5.69 Å². The molecule has 0 saturated heterocycles. The Balaban J connectivity index is 2.14. The van der Waals surface area contributed by atoms with Gasteiger partial charge in [-0.2, -0.15) is 0 Å². The van der Waals surface area contributed by atoms with E-state index in [4.69, 9.17) is 14.2 Å². The van der Waals surface area contributed by atoms with Gasteiger partial charge in [0.15, 0.2) is 11.5 Å². The Morgan fingerprint density at radius 3 is 1.96 bits per heavy atom. The number of methoxy groups -OCH3 is 3. The maximum Gasteiger partial charge on any atom is 0.214 e. The van der Waals surface area contributed by atoms with Gasteiger partial charge in [0.2, 0.25) is 12.2 Å². The maximum atomic E-state index is 12.2. The van der Waals surface area contributed by atoms with Gasteiger partial charge in [-0.1, -0.05) is 43.2 Å². The number of carbonyl (C=O) groups excluding carboxylic acids is 1. The first-order valence-electron chi connectivity index (χ1n) is 8.80. The van der Waals surface area contributed by atoms with E-state index in [0.717, 1.165) is 43.3 Å². The second-order valence-corrected chi connectivity index (χ2v) is 6.46. The van der Waals surface area contributed by atoms with E-state index in [9.17, 15) is 4.79 Å². The number of anilines is 1. The van der Waals surface area contributed by atoms with Crippen LogP contribution >= 0.6 is 0 Å². The number of carbonyl (C=O) groups is 1. The minimum absolute atomic E-state index is 0.354. The summed E-state index contributed by atoms with van der Waals surface area (Å²) in [6.07, 6.45) is 4.94. The Morgan fingerprint density at radius 1 is 0.923 bits per heavy atom. The van der Waals surface area contributed by atoms with Crippen molar-refractivity contribution in [2.75, 3.05) is 26.2 Å². The fourth-order valence-corrected chi connectivity index (χ4v) is 3.99. The van der Waals surface area contributed by atoms with Crippen molar-refractivity contribution in [3.05, 3.63) is 48.0 Å². The zero-order chi connectivity index (χ0) is 18.6. The summed E-state index contributed by atoms with van der Waals surface area (Å²) in [5, 5.41) is 0. The van der Waals surface area contributed by atoms with Gasteiger partial charge in [0.1, 0.15) is 0 Å². The van der Waals surface area contributed by atoms with Crippen molar-refractivity contribution in [2.45, 2.75) is 31.2 Å². The van der Waals surface area contributed by atoms with E-state index in [0.29, 0.717) is 17.2 Å². The molecule has 3 rings (SSSR count). The van der Waals surface area contributed by atoms with E-state index < -0.39 is 0 Å². The molecule has 1 saturated carbocycles. The summed E-state index contributed by atoms with van der Waals surface area (Å²) in [4.78, 5) is 14.1. The summed E-state index contributed by atoms with van der Waals surface area (Å²) >= 11 is 0. The second kappa shape index (κ2) is 7.68. The summed E-state index contributed by atoms with van der Waals surface area (Å²) in [5.41, 5.74) is 1.53. The Kier molecular flexibility index (Phi) is 5.35. The van der Waals surface area contributed by atoms with Gasteiger partial charge < -0.3 is 19.1 Å². The Labute approximate surface area is 154 Å². The number of rotatable bonds is 7. The van der Waals surface area contributed by atoms with Gasteiger partial charge >= 0.3 is 0 Å². The standard InChI is InChI=1S/C21H25NO4/c1-24-18-13-17(14-19(25-2)20(18)26-3)22(15-23)21(11-7-8-12-21)16-9-5-4-6-10-16/h4-6,9-10,13-15H,7-8,11-12H2,1-3H3. The van der Waals surface area contributed by atoms with Gasteiger partial charge in [-0.05, 0) is 18.4 Å². The molecule has 26 heavy (non-hydrogen) atoms. The number of amides is 1. The van der Waals surface area contributed by atoms with Crippen LogP contribution in [-0.4, -0.2) is 27.7 Å². The van der Waals surface area contributed by atoms with Crippen LogP contribution in [0, 0.1) is 0 Å². The maximum absolute atomic E-state index is 12.2. The second-order valence-electron chi connectivity index (χ2n) is 6.46. The summed E-state index contributed by atoms with van der Waals surface area (Å²) in [6, 6.07) is 13.9. The van der Waals surface area contributed by atoms with Crippen LogP contribution < -0.4 is 19.1 Å². The monoisotopic (exact) mass is 355 g/mol. The molecule has 2 aromatic carbocycles. The van der Waals surface area contributed by atoms with Crippen molar-refractivity contribution >= 4 is 12.1 Å². The van der Waals surface area contributed by atoms with Gasteiger partial charge in [0, 0.05) is 12.1 Å². The fraction of sp³-hybridized carbons (Fsp3) is 0.381. The Morgan fingerprint density at radius 2 is 1.50 bits per heavy atom. The molecule has 0 N–H and O–H groups in total. The highest BCUT2D eigenvalue weighted by atomic mass is 16.5. The zero-order valence-corrected chi connectivity index (χ0v) is 15.5. The minimum Gasteiger partial charge on any atom is -0.493 e. The summed E-state index contributed by atoms with van der Waals surface area (Å²) in [5.74, 6) is 1.59. The molecule has 1 fully saturated rings. The molecule has 0 aliphatic heterocycles. The van der Waals surface area contributed by atoms with Gasteiger partial charge in [0.25, 0.3) is 0 Å². The summed E-state index contributed by atoms with van der Waals surface area (Å²) < 4.78 is 16.3. The zero-order valence-electron chi connectivity index (χ0n) is 15.5. The molecule has 5 heteroatoms. The molecule has 2 aromatic rings. The molecule has 0 aromatic heterocycles. The lowest BCUT2D eigenvalue weighted by molar-refractivity contribution is -0.108. The molecule has 138 valence electrons. The lowest BCUT2D eigenvalue weighted by atomic mass is 9.86. The Bertz CT molecular complexity index is 729. The van der Waals surface area contributed by atoms with Crippen LogP contribution in [0.15, 0.2) is 42.5 Å². The van der Waals surface area contributed by atoms with Crippen LogP contribution in [0.5, 0.6) is 17.2 Å². The van der Waals surface area contributed by atoms with Crippen molar-refractivity contribution in [3.8, 4) is 17.2 Å². The minimum atomic E-state index is -0.354. The predicted octanol–water partition coefficient (Wildman–Crippen LogP) is 4.14. The molecule has 0 atom stereocenters. The quantitative estimate of drug-likeness (QED) is 0.700. The van der Waals surface area contributed by atoms with Gasteiger partial charge in [-0.15, -0.1) is 0 Å². The van der Waals surface area contributed by atoms with Crippen molar-refractivity contribution in [1.82, 2.24) is 0 Å².